The molecule has 0 saturated heterocycles. The van der Waals surface area contributed by atoms with Crippen molar-refractivity contribution in [1.29, 1.82) is 0 Å². The Hall–Kier alpha value is -4.08. The number of carbonyl (C=O) groups excluding carboxylic acids is 1. The smallest absolute Gasteiger partial charge is 0.257 e. The van der Waals surface area contributed by atoms with E-state index in [0.717, 1.165) is 11.1 Å². The highest BCUT2D eigenvalue weighted by Crippen LogP contribution is 2.28. The molecule has 4 rings (SSSR count). The number of ether oxygens (including phenoxy) is 2. The number of carbonyl (C=O) groups is 1. The van der Waals surface area contributed by atoms with Crippen LogP contribution in [-0.2, 0) is 11.3 Å². The van der Waals surface area contributed by atoms with Gasteiger partial charge in [-0.05, 0) is 23.8 Å². The van der Waals surface area contributed by atoms with E-state index >= 15 is 0 Å². The van der Waals surface area contributed by atoms with Crippen molar-refractivity contribution in [2.75, 3.05) is 27.8 Å². The number of benzene rings is 2. The van der Waals surface area contributed by atoms with Gasteiger partial charge in [-0.2, -0.15) is 9.78 Å². The third kappa shape index (κ3) is 5.21. The zero-order valence-electron chi connectivity index (χ0n) is 19.8. The maximum Gasteiger partial charge on any atom is 0.257 e. The monoisotopic (exact) mass is 473 g/mol. The first-order valence-electron chi connectivity index (χ1n) is 11.0. The van der Waals surface area contributed by atoms with E-state index in [0.29, 0.717) is 28.6 Å². The third-order valence-corrected chi connectivity index (χ3v) is 5.57. The van der Waals surface area contributed by atoms with Gasteiger partial charge in [0.25, 0.3) is 11.9 Å². The fraction of sp³-hybridized carbons (Fsp3) is 0.231. The molecule has 35 heavy (non-hydrogen) atoms. The summed E-state index contributed by atoms with van der Waals surface area (Å²) in [5, 5.41) is 14.9. The first-order valence-corrected chi connectivity index (χ1v) is 11.0. The fourth-order valence-electron chi connectivity index (χ4n) is 3.79. The number of methoxy groups -OCH3 is 2. The van der Waals surface area contributed by atoms with Crippen LogP contribution in [0.1, 0.15) is 27.7 Å². The summed E-state index contributed by atoms with van der Waals surface area (Å²) in [5.41, 5.74) is 3.06. The maximum atomic E-state index is 13.3. The highest BCUT2D eigenvalue weighted by atomic mass is 16.5. The van der Waals surface area contributed by atoms with Crippen molar-refractivity contribution in [2.24, 2.45) is 0 Å². The molecule has 2 aromatic heterocycles. The Balaban J connectivity index is 1.63. The molecule has 1 atom stereocenters. The SMILES string of the molecule is COCc1c(C(=O)N(C)C[C@@H](O)c2ccccc2)cnn1-c1nccc(-c2ccccc2OC)n1. The number of rotatable bonds is 9. The zero-order valence-corrected chi connectivity index (χ0v) is 19.8. The number of nitrogens with zero attached hydrogens (tertiary/aromatic N) is 5. The largest absolute Gasteiger partial charge is 0.496 e. The first kappa shape index (κ1) is 24.1. The lowest BCUT2D eigenvalue weighted by molar-refractivity contribution is 0.0676. The van der Waals surface area contributed by atoms with Gasteiger partial charge in [0.05, 0.1) is 49.5 Å². The third-order valence-electron chi connectivity index (χ3n) is 5.57. The van der Waals surface area contributed by atoms with Crippen LogP contribution in [0.2, 0.25) is 0 Å². The Morgan fingerprint density at radius 1 is 1.09 bits per heavy atom. The van der Waals surface area contributed by atoms with Crippen LogP contribution in [0.3, 0.4) is 0 Å². The number of hydrogen-bond donors (Lipinski definition) is 1. The summed E-state index contributed by atoms with van der Waals surface area (Å²) in [6.45, 7) is 0.249. The molecule has 1 amide bonds. The molecule has 0 radical (unpaired) electrons. The van der Waals surface area contributed by atoms with Crippen molar-refractivity contribution < 1.29 is 19.4 Å². The average Bonchev–Trinajstić information content (AvgIpc) is 3.32. The lowest BCUT2D eigenvalue weighted by atomic mass is 10.1. The van der Waals surface area contributed by atoms with Gasteiger partial charge in [0.1, 0.15) is 5.75 Å². The summed E-state index contributed by atoms with van der Waals surface area (Å²) in [4.78, 5) is 23.8. The van der Waals surface area contributed by atoms with Crippen molar-refractivity contribution >= 4 is 5.91 Å². The van der Waals surface area contributed by atoms with E-state index in [9.17, 15) is 9.90 Å². The molecule has 9 heteroatoms. The van der Waals surface area contributed by atoms with E-state index in [2.05, 4.69) is 15.1 Å². The lowest BCUT2D eigenvalue weighted by Gasteiger charge is -2.21. The molecular formula is C26H27N5O4. The molecule has 0 aliphatic rings. The Bertz CT molecular complexity index is 1290. The maximum absolute atomic E-state index is 13.3. The predicted octanol–water partition coefficient (Wildman–Crippen LogP) is 3.29. The van der Waals surface area contributed by atoms with E-state index < -0.39 is 6.10 Å². The Kier molecular flexibility index (Phi) is 7.49. The number of para-hydroxylation sites is 1. The molecule has 180 valence electrons. The molecular weight excluding hydrogens is 446 g/mol. The predicted molar refractivity (Wildman–Crippen MR) is 130 cm³/mol. The van der Waals surface area contributed by atoms with E-state index in [-0.39, 0.29) is 19.1 Å². The van der Waals surface area contributed by atoms with Crippen molar-refractivity contribution in [2.45, 2.75) is 12.7 Å². The molecule has 4 aromatic rings. The van der Waals surface area contributed by atoms with Crippen LogP contribution in [0.4, 0.5) is 0 Å². The molecule has 0 fully saturated rings. The quantitative estimate of drug-likeness (QED) is 0.398. The molecule has 9 nitrogen and oxygen atoms in total. The van der Waals surface area contributed by atoms with Crippen LogP contribution in [0.15, 0.2) is 73.1 Å². The number of amides is 1. The fourth-order valence-corrected chi connectivity index (χ4v) is 3.79. The van der Waals surface area contributed by atoms with Gasteiger partial charge in [0.15, 0.2) is 0 Å². The Morgan fingerprint density at radius 2 is 1.83 bits per heavy atom. The molecule has 1 N–H and O–H groups in total. The van der Waals surface area contributed by atoms with Crippen LogP contribution in [0, 0.1) is 0 Å². The number of hydrogen-bond acceptors (Lipinski definition) is 7. The minimum Gasteiger partial charge on any atom is -0.496 e. The van der Waals surface area contributed by atoms with Crippen LogP contribution in [0.5, 0.6) is 5.75 Å². The minimum atomic E-state index is -0.813. The zero-order chi connectivity index (χ0) is 24.8. The highest BCUT2D eigenvalue weighted by Gasteiger charge is 2.24. The van der Waals surface area contributed by atoms with Crippen LogP contribution >= 0.6 is 0 Å². The van der Waals surface area contributed by atoms with E-state index in [1.807, 2.05) is 54.6 Å². The molecule has 2 heterocycles. The van der Waals surface area contributed by atoms with Crippen molar-refractivity contribution in [3.63, 3.8) is 0 Å². The molecule has 0 spiro atoms. The Labute approximate surface area is 203 Å². The Morgan fingerprint density at radius 3 is 2.57 bits per heavy atom. The molecule has 0 aliphatic heterocycles. The van der Waals surface area contributed by atoms with Gasteiger partial charge in [-0.3, -0.25) is 4.79 Å². The standard InChI is InChI=1S/C26H27N5O4/c1-30(16-23(32)18-9-5-4-6-10-18)25(33)20-15-28-31(22(20)17-34-2)26-27-14-13-21(29-26)19-11-7-8-12-24(19)35-3/h4-15,23,32H,16-17H2,1-3H3/t23-/m1/s1. The van der Waals surface area contributed by atoms with E-state index in [4.69, 9.17) is 9.47 Å². The van der Waals surface area contributed by atoms with Gasteiger partial charge < -0.3 is 19.5 Å². The van der Waals surface area contributed by atoms with Crippen molar-refractivity contribution in [1.82, 2.24) is 24.6 Å². The van der Waals surface area contributed by atoms with Gasteiger partial charge in [-0.15, -0.1) is 0 Å². The second kappa shape index (κ2) is 10.9. The molecule has 0 bridgehead atoms. The summed E-state index contributed by atoms with van der Waals surface area (Å²) < 4.78 is 12.3. The summed E-state index contributed by atoms with van der Waals surface area (Å²) in [5.74, 6) is 0.690. The van der Waals surface area contributed by atoms with Crippen LogP contribution in [-0.4, -0.2) is 63.5 Å². The number of aromatic nitrogens is 4. The summed E-state index contributed by atoms with van der Waals surface area (Å²) in [7, 11) is 4.79. The number of aliphatic hydroxyl groups excluding tert-OH is 1. The second-order valence-corrected chi connectivity index (χ2v) is 7.90. The van der Waals surface area contributed by atoms with E-state index in [1.54, 1.807) is 33.5 Å². The summed E-state index contributed by atoms with van der Waals surface area (Å²) in [6, 6.07) is 18.6. The summed E-state index contributed by atoms with van der Waals surface area (Å²) >= 11 is 0. The highest BCUT2D eigenvalue weighted by molar-refractivity contribution is 5.95. The number of likely N-dealkylation sites (N-methyl/N-ethyl adjacent to an activating group) is 1. The van der Waals surface area contributed by atoms with Gasteiger partial charge in [0, 0.05) is 25.9 Å². The molecule has 0 saturated carbocycles. The van der Waals surface area contributed by atoms with Crippen LogP contribution in [0.25, 0.3) is 17.2 Å². The average molecular weight is 474 g/mol. The first-order chi connectivity index (χ1) is 17.0. The number of aliphatic hydroxyl groups is 1. The van der Waals surface area contributed by atoms with Gasteiger partial charge in [0.2, 0.25) is 0 Å². The molecule has 0 unspecified atom stereocenters. The van der Waals surface area contributed by atoms with Crippen molar-refractivity contribution in [3.8, 4) is 23.0 Å². The molecule has 2 aromatic carbocycles. The topological polar surface area (TPSA) is 103 Å². The van der Waals surface area contributed by atoms with Gasteiger partial charge >= 0.3 is 0 Å². The second-order valence-electron chi connectivity index (χ2n) is 7.90. The summed E-state index contributed by atoms with van der Waals surface area (Å²) in [6.07, 6.45) is 2.29. The van der Waals surface area contributed by atoms with E-state index in [1.165, 1.54) is 15.8 Å². The minimum absolute atomic E-state index is 0.123. The van der Waals surface area contributed by atoms with Crippen LogP contribution < -0.4 is 4.74 Å². The van der Waals surface area contributed by atoms with Gasteiger partial charge in [-0.25, -0.2) is 9.97 Å². The normalized spacial score (nSPS) is 11.8. The van der Waals surface area contributed by atoms with Crippen molar-refractivity contribution in [3.05, 3.63) is 89.9 Å². The molecule has 0 aliphatic carbocycles. The lowest BCUT2D eigenvalue weighted by Crippen LogP contribution is -2.31. The van der Waals surface area contributed by atoms with Gasteiger partial charge in [-0.1, -0.05) is 42.5 Å².